The van der Waals surface area contributed by atoms with E-state index in [1.54, 1.807) is 0 Å². The maximum Gasteiger partial charge on any atom is 0.326 e. The fraction of sp³-hybridized carbons (Fsp3) is 0.933. The van der Waals surface area contributed by atoms with Crippen molar-refractivity contribution in [2.75, 3.05) is 46.4 Å². The number of methoxy groups -OCH3 is 1. The van der Waals surface area contributed by atoms with Crippen LogP contribution in [0.2, 0.25) is 0 Å². The first-order valence-corrected chi connectivity index (χ1v) is 7.92. The van der Waals surface area contributed by atoms with Crippen molar-refractivity contribution in [2.45, 2.75) is 38.1 Å². The summed E-state index contributed by atoms with van der Waals surface area (Å²) < 4.78 is 4.90. The third kappa shape index (κ3) is 3.32. The molecule has 2 unspecified atom stereocenters. The second-order valence-corrected chi connectivity index (χ2v) is 6.19. The summed E-state index contributed by atoms with van der Waals surface area (Å²) in [6.45, 7) is 9.00. The fourth-order valence-electron chi connectivity index (χ4n) is 3.63. The van der Waals surface area contributed by atoms with Gasteiger partial charge in [-0.25, -0.2) is 0 Å². The molecule has 2 N–H and O–H groups in total. The number of hydrogen-bond acceptors (Lipinski definition) is 5. The minimum Gasteiger partial charge on any atom is -0.468 e. The Morgan fingerprint density at radius 3 is 2.55 bits per heavy atom. The van der Waals surface area contributed by atoms with Crippen LogP contribution < -0.4 is 5.73 Å². The molecular weight excluding hydrogens is 254 g/mol. The lowest BCUT2D eigenvalue weighted by atomic mass is 9.85. The molecule has 5 heteroatoms. The molecule has 0 bridgehead atoms. The molecular formula is C15H29N3O2. The lowest BCUT2D eigenvalue weighted by Crippen LogP contribution is -2.53. The summed E-state index contributed by atoms with van der Waals surface area (Å²) in [4.78, 5) is 16.9. The molecule has 1 saturated heterocycles. The highest BCUT2D eigenvalue weighted by molar-refractivity contribution is 5.81. The molecule has 2 aliphatic rings. The monoisotopic (exact) mass is 283 g/mol. The van der Waals surface area contributed by atoms with Gasteiger partial charge in [-0.15, -0.1) is 0 Å². The van der Waals surface area contributed by atoms with Gasteiger partial charge in [0.25, 0.3) is 0 Å². The first kappa shape index (κ1) is 15.7. The largest absolute Gasteiger partial charge is 0.468 e. The maximum absolute atomic E-state index is 11.9. The third-order valence-electron chi connectivity index (χ3n) is 5.14. The van der Waals surface area contributed by atoms with Crippen molar-refractivity contribution in [2.24, 2.45) is 11.7 Å². The summed E-state index contributed by atoms with van der Waals surface area (Å²) in [5.41, 5.74) is 5.58. The van der Waals surface area contributed by atoms with E-state index in [0.717, 1.165) is 65.0 Å². The van der Waals surface area contributed by atoms with Crippen molar-refractivity contribution < 1.29 is 9.53 Å². The van der Waals surface area contributed by atoms with Gasteiger partial charge in [0.05, 0.1) is 7.11 Å². The average molecular weight is 283 g/mol. The summed E-state index contributed by atoms with van der Waals surface area (Å²) in [5, 5.41) is 0. The molecule has 0 amide bonds. The van der Waals surface area contributed by atoms with Crippen LogP contribution in [0.4, 0.5) is 0 Å². The molecule has 1 aliphatic heterocycles. The van der Waals surface area contributed by atoms with Gasteiger partial charge in [0.1, 0.15) is 5.54 Å². The van der Waals surface area contributed by atoms with Crippen molar-refractivity contribution in [1.82, 2.24) is 9.80 Å². The van der Waals surface area contributed by atoms with Crippen LogP contribution in [0.5, 0.6) is 0 Å². The number of nitrogens with zero attached hydrogens (tertiary/aromatic N) is 2. The Balaban J connectivity index is 1.80. The predicted octanol–water partition coefficient (Wildman–Crippen LogP) is 0.685. The van der Waals surface area contributed by atoms with Gasteiger partial charge in [-0.2, -0.15) is 0 Å². The Kier molecular flexibility index (Phi) is 5.41. The van der Waals surface area contributed by atoms with Gasteiger partial charge in [0.2, 0.25) is 0 Å². The van der Waals surface area contributed by atoms with Crippen LogP contribution in [0.3, 0.4) is 0 Å². The molecule has 1 heterocycles. The number of carbonyl (C=O) groups excluding carboxylic acids is 1. The Labute approximate surface area is 122 Å². The van der Waals surface area contributed by atoms with Crippen molar-refractivity contribution in [3.8, 4) is 0 Å². The Bertz CT molecular complexity index is 329. The standard InChI is InChI=1S/C15H29N3O2/c1-3-17-9-11-18(12-10-17)8-6-13-5-4-7-15(13,16)14(19)20-2/h13H,3-12,16H2,1-2H3. The van der Waals surface area contributed by atoms with Crippen molar-refractivity contribution in [1.29, 1.82) is 0 Å². The van der Waals surface area contributed by atoms with Gasteiger partial charge >= 0.3 is 5.97 Å². The molecule has 1 aliphatic carbocycles. The second kappa shape index (κ2) is 6.87. The summed E-state index contributed by atoms with van der Waals surface area (Å²) >= 11 is 0. The topological polar surface area (TPSA) is 58.8 Å². The summed E-state index contributed by atoms with van der Waals surface area (Å²) in [6, 6.07) is 0. The van der Waals surface area contributed by atoms with Crippen LogP contribution in [0.15, 0.2) is 0 Å². The lowest BCUT2D eigenvalue weighted by molar-refractivity contribution is -0.148. The quantitative estimate of drug-likeness (QED) is 0.752. The van der Waals surface area contributed by atoms with Crippen LogP contribution in [0.25, 0.3) is 0 Å². The molecule has 0 aromatic heterocycles. The summed E-state index contributed by atoms with van der Waals surface area (Å²) in [6.07, 6.45) is 3.88. The van der Waals surface area contributed by atoms with Crippen LogP contribution in [-0.4, -0.2) is 67.7 Å². The van der Waals surface area contributed by atoms with Crippen LogP contribution in [0.1, 0.15) is 32.6 Å². The number of carbonyl (C=O) groups is 1. The van der Waals surface area contributed by atoms with Gasteiger partial charge in [0, 0.05) is 26.2 Å². The van der Waals surface area contributed by atoms with Crippen molar-refractivity contribution in [3.63, 3.8) is 0 Å². The van der Waals surface area contributed by atoms with Gasteiger partial charge in [-0.1, -0.05) is 13.3 Å². The van der Waals surface area contributed by atoms with E-state index in [4.69, 9.17) is 10.5 Å². The Hall–Kier alpha value is -0.650. The van der Waals surface area contributed by atoms with E-state index in [2.05, 4.69) is 16.7 Å². The zero-order chi connectivity index (χ0) is 14.6. The number of hydrogen-bond donors (Lipinski definition) is 1. The normalized spacial score (nSPS) is 32.5. The molecule has 0 aromatic carbocycles. The fourth-order valence-corrected chi connectivity index (χ4v) is 3.63. The average Bonchev–Trinajstić information content (AvgIpc) is 2.87. The number of piperazine rings is 1. The smallest absolute Gasteiger partial charge is 0.326 e. The van der Waals surface area contributed by atoms with E-state index in [-0.39, 0.29) is 11.9 Å². The molecule has 5 nitrogen and oxygen atoms in total. The first-order chi connectivity index (χ1) is 9.60. The molecule has 2 rings (SSSR count). The zero-order valence-corrected chi connectivity index (χ0v) is 12.9. The number of esters is 1. The van der Waals surface area contributed by atoms with Crippen LogP contribution in [-0.2, 0) is 9.53 Å². The molecule has 0 radical (unpaired) electrons. The highest BCUT2D eigenvalue weighted by Crippen LogP contribution is 2.37. The summed E-state index contributed by atoms with van der Waals surface area (Å²) in [5.74, 6) is 0.0509. The third-order valence-corrected chi connectivity index (χ3v) is 5.14. The Morgan fingerprint density at radius 1 is 1.30 bits per heavy atom. The van der Waals surface area contributed by atoms with Crippen molar-refractivity contribution in [3.05, 3.63) is 0 Å². The zero-order valence-electron chi connectivity index (χ0n) is 12.9. The second-order valence-electron chi connectivity index (χ2n) is 6.19. The van der Waals surface area contributed by atoms with Crippen molar-refractivity contribution >= 4 is 5.97 Å². The Morgan fingerprint density at radius 2 is 1.95 bits per heavy atom. The van der Waals surface area contributed by atoms with Gasteiger partial charge in [-0.3, -0.25) is 4.79 Å². The molecule has 2 fully saturated rings. The number of likely N-dealkylation sites (N-methyl/N-ethyl adjacent to an activating group) is 1. The van der Waals surface area contributed by atoms with E-state index < -0.39 is 5.54 Å². The van der Waals surface area contributed by atoms with E-state index in [9.17, 15) is 4.79 Å². The highest BCUT2D eigenvalue weighted by atomic mass is 16.5. The maximum atomic E-state index is 11.9. The number of ether oxygens (including phenoxy) is 1. The van der Waals surface area contributed by atoms with E-state index in [1.165, 1.54) is 7.11 Å². The first-order valence-electron chi connectivity index (χ1n) is 7.92. The van der Waals surface area contributed by atoms with E-state index in [0.29, 0.717) is 0 Å². The van der Waals surface area contributed by atoms with Crippen LogP contribution >= 0.6 is 0 Å². The van der Waals surface area contributed by atoms with E-state index in [1.807, 2.05) is 0 Å². The molecule has 20 heavy (non-hydrogen) atoms. The molecule has 0 spiro atoms. The summed E-state index contributed by atoms with van der Waals surface area (Å²) in [7, 11) is 1.44. The van der Waals surface area contributed by atoms with Gasteiger partial charge in [0.15, 0.2) is 0 Å². The number of rotatable bonds is 5. The van der Waals surface area contributed by atoms with E-state index >= 15 is 0 Å². The highest BCUT2D eigenvalue weighted by Gasteiger charge is 2.46. The molecule has 116 valence electrons. The SMILES string of the molecule is CCN1CCN(CCC2CCCC2(N)C(=O)OC)CC1. The molecule has 1 saturated carbocycles. The molecule has 0 aromatic rings. The van der Waals surface area contributed by atoms with Gasteiger partial charge < -0.3 is 20.3 Å². The minimum atomic E-state index is -0.736. The minimum absolute atomic E-state index is 0.226. The molecule has 2 atom stereocenters. The number of nitrogens with two attached hydrogens (primary N) is 1. The predicted molar refractivity (Wildman–Crippen MR) is 79.4 cm³/mol. The van der Waals surface area contributed by atoms with Gasteiger partial charge in [-0.05, 0) is 38.3 Å². The van der Waals surface area contributed by atoms with Crippen LogP contribution in [0, 0.1) is 5.92 Å². The lowest BCUT2D eigenvalue weighted by Gasteiger charge is -2.36.